The lowest BCUT2D eigenvalue weighted by atomic mass is 9.72. The number of carbonyl (C=O) groups is 1. The molecule has 1 saturated carbocycles. The van der Waals surface area contributed by atoms with Crippen molar-refractivity contribution in [1.29, 1.82) is 0 Å². The quantitative estimate of drug-likeness (QED) is 0.755. The van der Waals surface area contributed by atoms with Gasteiger partial charge in [-0.1, -0.05) is 0 Å². The van der Waals surface area contributed by atoms with Crippen LogP contribution >= 0.6 is 0 Å². The van der Waals surface area contributed by atoms with Gasteiger partial charge in [-0.05, 0) is 12.5 Å². The molecule has 4 unspecified atom stereocenters. The number of hydrogen-bond donors (Lipinski definition) is 2. The highest BCUT2D eigenvalue weighted by atomic mass is 16.5. The summed E-state index contributed by atoms with van der Waals surface area (Å²) in [5.74, 6) is 0.446. The molecule has 6 heteroatoms. The summed E-state index contributed by atoms with van der Waals surface area (Å²) in [6, 6.07) is 1.88. The van der Waals surface area contributed by atoms with Crippen molar-refractivity contribution >= 4 is 5.91 Å². The largest absolute Gasteiger partial charge is 0.376 e. The molecule has 18 heavy (non-hydrogen) atoms. The molecule has 0 bridgehead atoms. The monoisotopic (exact) mass is 250 g/mol. The van der Waals surface area contributed by atoms with Crippen LogP contribution in [-0.2, 0) is 16.1 Å². The molecular weight excluding hydrogens is 232 g/mol. The topological polar surface area (TPSA) is 82.2 Å². The molecule has 0 spiro atoms. The number of nitrogens with zero attached hydrogens (tertiary/aromatic N) is 2. The van der Waals surface area contributed by atoms with Gasteiger partial charge in [0, 0.05) is 43.9 Å². The number of ether oxygens (including phenoxy) is 1. The van der Waals surface area contributed by atoms with Gasteiger partial charge in [-0.25, -0.2) is 0 Å². The molecule has 2 heterocycles. The van der Waals surface area contributed by atoms with E-state index in [2.05, 4.69) is 10.4 Å². The van der Waals surface area contributed by atoms with Crippen LogP contribution in [0.2, 0.25) is 0 Å². The van der Waals surface area contributed by atoms with Crippen LogP contribution in [0, 0.1) is 5.92 Å². The first-order valence-corrected chi connectivity index (χ1v) is 6.39. The van der Waals surface area contributed by atoms with Crippen LogP contribution in [-0.4, -0.2) is 40.5 Å². The molecule has 98 valence electrons. The first-order chi connectivity index (χ1) is 8.75. The van der Waals surface area contributed by atoms with E-state index in [4.69, 9.17) is 10.5 Å². The summed E-state index contributed by atoms with van der Waals surface area (Å²) in [4.78, 5) is 11.8. The first-order valence-electron chi connectivity index (χ1n) is 6.39. The van der Waals surface area contributed by atoms with E-state index in [1.54, 1.807) is 10.9 Å². The number of fused-ring (bicyclic) bond motifs is 1. The Hall–Kier alpha value is -1.40. The lowest BCUT2D eigenvalue weighted by Crippen LogP contribution is -2.69. The summed E-state index contributed by atoms with van der Waals surface area (Å²) in [5, 5.41) is 7.03. The van der Waals surface area contributed by atoms with E-state index in [1.165, 1.54) is 0 Å². The number of aromatic nitrogens is 2. The zero-order chi connectivity index (χ0) is 12.5. The average Bonchev–Trinajstić information content (AvgIpc) is 3.02. The van der Waals surface area contributed by atoms with Gasteiger partial charge in [0.25, 0.3) is 0 Å². The summed E-state index contributed by atoms with van der Waals surface area (Å²) < 4.78 is 7.32. The zero-order valence-electron chi connectivity index (χ0n) is 10.2. The van der Waals surface area contributed by atoms with Gasteiger partial charge in [0.05, 0.1) is 12.1 Å². The Morgan fingerprint density at radius 1 is 1.61 bits per heavy atom. The fourth-order valence-corrected chi connectivity index (χ4v) is 2.83. The van der Waals surface area contributed by atoms with E-state index in [0.29, 0.717) is 18.9 Å². The number of nitrogens with one attached hydrogen (secondary N) is 1. The molecule has 1 aliphatic carbocycles. The molecule has 3 rings (SSSR count). The second-order valence-corrected chi connectivity index (χ2v) is 4.98. The molecule has 4 atom stereocenters. The molecule has 1 aromatic rings. The number of nitrogens with two attached hydrogens (primary N) is 1. The van der Waals surface area contributed by atoms with E-state index in [-0.39, 0.29) is 24.1 Å². The van der Waals surface area contributed by atoms with Crippen molar-refractivity contribution in [3.05, 3.63) is 18.5 Å². The van der Waals surface area contributed by atoms with Crippen molar-refractivity contribution in [2.45, 2.75) is 37.6 Å². The molecule has 2 aliphatic rings. The molecule has 1 aliphatic heterocycles. The van der Waals surface area contributed by atoms with Crippen molar-refractivity contribution < 1.29 is 9.53 Å². The van der Waals surface area contributed by atoms with Gasteiger partial charge in [-0.2, -0.15) is 5.10 Å². The number of aryl methyl sites for hydroxylation is 1. The van der Waals surface area contributed by atoms with Crippen LogP contribution < -0.4 is 11.1 Å². The van der Waals surface area contributed by atoms with Crippen LogP contribution in [0.1, 0.15) is 12.8 Å². The molecular formula is C12H18N4O2. The lowest BCUT2D eigenvalue weighted by molar-refractivity contribution is -0.125. The third-order valence-electron chi connectivity index (χ3n) is 3.90. The minimum Gasteiger partial charge on any atom is -0.376 e. The Balaban J connectivity index is 1.46. The minimum atomic E-state index is -0.0115. The normalized spacial score (nSPS) is 33.8. The molecule has 1 saturated heterocycles. The second-order valence-electron chi connectivity index (χ2n) is 4.98. The summed E-state index contributed by atoms with van der Waals surface area (Å²) in [6.07, 6.45) is 5.12. The van der Waals surface area contributed by atoms with E-state index < -0.39 is 0 Å². The highest BCUT2D eigenvalue weighted by molar-refractivity contribution is 5.76. The molecule has 0 radical (unpaired) electrons. The predicted molar refractivity (Wildman–Crippen MR) is 64.6 cm³/mol. The maximum atomic E-state index is 11.8. The summed E-state index contributed by atoms with van der Waals surface area (Å²) in [5.41, 5.74) is 6.03. The van der Waals surface area contributed by atoms with Crippen molar-refractivity contribution in [1.82, 2.24) is 15.1 Å². The Kier molecular flexibility index (Phi) is 3.05. The van der Waals surface area contributed by atoms with Crippen LogP contribution in [0.5, 0.6) is 0 Å². The molecule has 3 N–H and O–H groups in total. The van der Waals surface area contributed by atoms with E-state index in [0.717, 1.165) is 13.0 Å². The summed E-state index contributed by atoms with van der Waals surface area (Å²) >= 11 is 0. The minimum absolute atomic E-state index is 0.0115. The second kappa shape index (κ2) is 4.70. The Labute approximate surface area is 105 Å². The molecule has 1 aromatic heterocycles. The van der Waals surface area contributed by atoms with Crippen LogP contribution in [0.15, 0.2) is 18.5 Å². The maximum Gasteiger partial charge on any atom is 0.222 e. The van der Waals surface area contributed by atoms with E-state index >= 15 is 0 Å². The zero-order valence-corrected chi connectivity index (χ0v) is 10.2. The van der Waals surface area contributed by atoms with Crippen LogP contribution in [0.4, 0.5) is 0 Å². The summed E-state index contributed by atoms with van der Waals surface area (Å²) in [6.45, 7) is 1.36. The van der Waals surface area contributed by atoms with Gasteiger partial charge in [0.15, 0.2) is 0 Å². The third kappa shape index (κ3) is 2.02. The standard InChI is InChI=1S/C12H18N4O2/c13-10-8-3-7-18-12(8)11(10)15-9(17)2-6-16-5-1-4-14-16/h1,4-5,8,10-12H,2-3,6-7,13H2,(H,15,17). The van der Waals surface area contributed by atoms with E-state index in [1.807, 2.05) is 12.3 Å². The number of amides is 1. The van der Waals surface area contributed by atoms with Crippen LogP contribution in [0.3, 0.4) is 0 Å². The van der Waals surface area contributed by atoms with Crippen LogP contribution in [0.25, 0.3) is 0 Å². The van der Waals surface area contributed by atoms with Gasteiger partial charge in [0.2, 0.25) is 5.91 Å². The number of rotatable bonds is 4. The maximum absolute atomic E-state index is 11.8. The third-order valence-corrected chi connectivity index (χ3v) is 3.90. The van der Waals surface area contributed by atoms with Gasteiger partial charge in [0.1, 0.15) is 0 Å². The van der Waals surface area contributed by atoms with Crippen molar-refractivity contribution in [3.63, 3.8) is 0 Å². The van der Waals surface area contributed by atoms with Gasteiger partial charge < -0.3 is 15.8 Å². The predicted octanol–water partition coefficient (Wildman–Crippen LogP) is -0.496. The Bertz CT molecular complexity index is 420. The highest BCUT2D eigenvalue weighted by Crippen LogP contribution is 2.37. The molecule has 0 aromatic carbocycles. The van der Waals surface area contributed by atoms with Gasteiger partial charge >= 0.3 is 0 Å². The average molecular weight is 250 g/mol. The van der Waals surface area contributed by atoms with Crippen molar-refractivity contribution in [2.24, 2.45) is 11.7 Å². The Morgan fingerprint density at radius 3 is 3.28 bits per heavy atom. The molecule has 6 nitrogen and oxygen atoms in total. The lowest BCUT2D eigenvalue weighted by Gasteiger charge is -2.45. The molecule has 1 amide bonds. The number of carbonyl (C=O) groups excluding carboxylic acids is 1. The SMILES string of the molecule is NC1C2CCOC2C1NC(=O)CCn1cccn1. The van der Waals surface area contributed by atoms with Crippen molar-refractivity contribution in [2.75, 3.05) is 6.61 Å². The first kappa shape index (κ1) is 11.7. The number of hydrogen-bond acceptors (Lipinski definition) is 4. The van der Waals surface area contributed by atoms with Crippen molar-refractivity contribution in [3.8, 4) is 0 Å². The van der Waals surface area contributed by atoms with Gasteiger partial charge in [-0.3, -0.25) is 9.48 Å². The smallest absolute Gasteiger partial charge is 0.222 e. The van der Waals surface area contributed by atoms with Gasteiger partial charge in [-0.15, -0.1) is 0 Å². The Morgan fingerprint density at radius 2 is 2.50 bits per heavy atom. The summed E-state index contributed by atoms with van der Waals surface area (Å²) in [7, 11) is 0. The fraction of sp³-hybridized carbons (Fsp3) is 0.667. The fourth-order valence-electron chi connectivity index (χ4n) is 2.83. The molecule has 2 fully saturated rings. The highest BCUT2D eigenvalue weighted by Gasteiger charge is 2.52. The van der Waals surface area contributed by atoms with E-state index in [9.17, 15) is 4.79 Å².